The van der Waals surface area contributed by atoms with Gasteiger partial charge < -0.3 is 0 Å². The molecule has 1 aliphatic rings. The predicted molar refractivity (Wildman–Crippen MR) is 91.8 cm³/mol. The Morgan fingerprint density at radius 1 is 1.33 bits per heavy atom. The number of aryl methyl sites for hydroxylation is 1. The molecule has 2 aromatic rings. The molecular weight excluding hydrogens is 326 g/mol. The SMILES string of the molecule is CCCn1nccc1-c1cc(C[C@@H]2CCN(S(C)(=O)=O)C2)ncn1. The molecule has 1 fully saturated rings. The van der Waals surface area contributed by atoms with Crippen LogP contribution in [0.3, 0.4) is 0 Å². The third kappa shape index (κ3) is 3.81. The van der Waals surface area contributed by atoms with E-state index in [4.69, 9.17) is 0 Å². The van der Waals surface area contributed by atoms with Crippen molar-refractivity contribution in [3.63, 3.8) is 0 Å². The Balaban J connectivity index is 1.73. The summed E-state index contributed by atoms with van der Waals surface area (Å²) in [7, 11) is -3.09. The van der Waals surface area contributed by atoms with Crippen molar-refractivity contribution >= 4 is 10.0 Å². The number of aromatic nitrogens is 4. The van der Waals surface area contributed by atoms with Crippen LogP contribution in [0.5, 0.6) is 0 Å². The van der Waals surface area contributed by atoms with E-state index in [1.54, 1.807) is 16.8 Å². The molecule has 0 aliphatic carbocycles. The van der Waals surface area contributed by atoms with Crippen molar-refractivity contribution in [3.8, 4) is 11.4 Å². The van der Waals surface area contributed by atoms with Gasteiger partial charge >= 0.3 is 0 Å². The minimum Gasteiger partial charge on any atom is -0.263 e. The van der Waals surface area contributed by atoms with E-state index in [1.165, 1.54) is 6.26 Å². The van der Waals surface area contributed by atoms with Gasteiger partial charge in [-0.3, -0.25) is 4.68 Å². The summed E-state index contributed by atoms with van der Waals surface area (Å²) in [5.74, 6) is 0.308. The zero-order chi connectivity index (χ0) is 17.2. The Morgan fingerprint density at radius 3 is 2.88 bits per heavy atom. The second-order valence-corrected chi connectivity index (χ2v) is 8.30. The maximum absolute atomic E-state index is 11.6. The third-order valence-electron chi connectivity index (χ3n) is 4.35. The summed E-state index contributed by atoms with van der Waals surface area (Å²) in [6, 6.07) is 3.95. The first-order valence-electron chi connectivity index (χ1n) is 8.25. The quantitative estimate of drug-likeness (QED) is 0.791. The Morgan fingerprint density at radius 2 is 2.17 bits per heavy atom. The lowest BCUT2D eigenvalue weighted by Gasteiger charge is -2.13. The Labute approximate surface area is 142 Å². The van der Waals surface area contributed by atoms with E-state index in [-0.39, 0.29) is 0 Å². The summed E-state index contributed by atoms with van der Waals surface area (Å²) >= 11 is 0. The Bertz CT molecular complexity index is 802. The van der Waals surface area contributed by atoms with Crippen LogP contribution >= 0.6 is 0 Å². The van der Waals surface area contributed by atoms with Crippen LogP contribution in [0.4, 0.5) is 0 Å². The van der Waals surface area contributed by atoms with Crippen LogP contribution in [0.2, 0.25) is 0 Å². The summed E-state index contributed by atoms with van der Waals surface area (Å²) in [6.45, 7) is 4.15. The first-order valence-corrected chi connectivity index (χ1v) is 10.1. The van der Waals surface area contributed by atoms with E-state index in [9.17, 15) is 8.42 Å². The highest BCUT2D eigenvalue weighted by atomic mass is 32.2. The molecule has 0 aromatic carbocycles. The van der Waals surface area contributed by atoms with Crippen LogP contribution in [0.25, 0.3) is 11.4 Å². The van der Waals surface area contributed by atoms with Crippen molar-refractivity contribution in [3.05, 3.63) is 30.4 Å². The van der Waals surface area contributed by atoms with Crippen LogP contribution in [0.1, 0.15) is 25.5 Å². The average molecular weight is 349 g/mol. The first-order chi connectivity index (χ1) is 11.5. The highest BCUT2D eigenvalue weighted by Crippen LogP contribution is 2.23. The molecular formula is C16H23N5O2S. The molecule has 1 aliphatic heterocycles. The fraction of sp³-hybridized carbons (Fsp3) is 0.562. The predicted octanol–water partition coefficient (Wildman–Crippen LogP) is 1.57. The summed E-state index contributed by atoms with van der Waals surface area (Å²) in [5, 5.41) is 4.34. The van der Waals surface area contributed by atoms with E-state index in [0.29, 0.717) is 19.0 Å². The smallest absolute Gasteiger partial charge is 0.211 e. The third-order valence-corrected chi connectivity index (χ3v) is 5.62. The molecule has 7 nitrogen and oxygen atoms in total. The first kappa shape index (κ1) is 17.0. The molecule has 0 N–H and O–H groups in total. The maximum Gasteiger partial charge on any atom is 0.211 e. The lowest BCUT2D eigenvalue weighted by atomic mass is 10.0. The molecule has 0 spiro atoms. The molecule has 0 amide bonds. The molecule has 8 heteroatoms. The summed E-state index contributed by atoms with van der Waals surface area (Å²) < 4.78 is 26.8. The molecule has 24 heavy (non-hydrogen) atoms. The zero-order valence-electron chi connectivity index (χ0n) is 14.1. The Hall–Kier alpha value is -1.80. The number of sulfonamides is 1. The van der Waals surface area contributed by atoms with Gasteiger partial charge in [0.15, 0.2) is 0 Å². The van der Waals surface area contributed by atoms with E-state index < -0.39 is 10.0 Å². The minimum atomic E-state index is -3.09. The van der Waals surface area contributed by atoms with Crippen molar-refractivity contribution in [2.75, 3.05) is 19.3 Å². The molecule has 0 unspecified atom stereocenters. The van der Waals surface area contributed by atoms with E-state index in [2.05, 4.69) is 22.0 Å². The van der Waals surface area contributed by atoms with Gasteiger partial charge in [0.25, 0.3) is 0 Å². The molecule has 0 saturated carbocycles. The lowest BCUT2D eigenvalue weighted by molar-refractivity contribution is 0.459. The van der Waals surface area contributed by atoms with Crippen LogP contribution in [0.15, 0.2) is 24.7 Å². The fourth-order valence-electron chi connectivity index (χ4n) is 3.15. The van der Waals surface area contributed by atoms with Crippen LogP contribution < -0.4 is 0 Å². The van der Waals surface area contributed by atoms with Crippen LogP contribution in [-0.4, -0.2) is 51.8 Å². The largest absolute Gasteiger partial charge is 0.263 e. The van der Waals surface area contributed by atoms with Crippen molar-refractivity contribution in [2.24, 2.45) is 5.92 Å². The maximum atomic E-state index is 11.6. The van der Waals surface area contributed by atoms with Crippen molar-refractivity contribution in [2.45, 2.75) is 32.7 Å². The lowest BCUT2D eigenvalue weighted by Crippen LogP contribution is -2.27. The number of rotatable bonds is 6. The van der Waals surface area contributed by atoms with E-state index in [0.717, 1.165) is 42.9 Å². The Kier molecular flexibility index (Phi) is 4.96. The highest BCUT2D eigenvalue weighted by molar-refractivity contribution is 7.88. The average Bonchev–Trinajstić information content (AvgIpc) is 3.17. The summed E-state index contributed by atoms with van der Waals surface area (Å²) in [4.78, 5) is 8.74. The van der Waals surface area contributed by atoms with Crippen LogP contribution in [0, 0.1) is 5.92 Å². The molecule has 3 heterocycles. The van der Waals surface area contributed by atoms with Crippen molar-refractivity contribution in [1.29, 1.82) is 0 Å². The van der Waals surface area contributed by atoms with Gasteiger partial charge in [0.05, 0.1) is 17.6 Å². The molecule has 0 bridgehead atoms. The topological polar surface area (TPSA) is 81.0 Å². The van der Waals surface area contributed by atoms with Gasteiger partial charge in [0.1, 0.15) is 6.33 Å². The van der Waals surface area contributed by atoms with Crippen molar-refractivity contribution in [1.82, 2.24) is 24.1 Å². The second-order valence-electron chi connectivity index (χ2n) is 6.31. The van der Waals surface area contributed by atoms with Gasteiger partial charge in [-0.2, -0.15) is 5.10 Å². The summed E-state index contributed by atoms with van der Waals surface area (Å²) in [5.41, 5.74) is 2.80. The molecule has 3 rings (SSSR count). The zero-order valence-corrected chi connectivity index (χ0v) is 14.9. The molecule has 0 radical (unpaired) electrons. The van der Waals surface area contributed by atoms with Gasteiger partial charge in [-0.25, -0.2) is 22.7 Å². The molecule has 2 aromatic heterocycles. The van der Waals surface area contributed by atoms with E-state index in [1.807, 2.05) is 16.8 Å². The summed E-state index contributed by atoms with van der Waals surface area (Å²) in [6.07, 6.45) is 7.29. The van der Waals surface area contributed by atoms with Gasteiger partial charge in [0, 0.05) is 31.5 Å². The fourth-order valence-corrected chi connectivity index (χ4v) is 4.07. The standard InChI is InChI=1S/C16H23N5O2S/c1-3-7-21-16(4-6-19-21)15-10-14(17-12-18-15)9-13-5-8-20(11-13)24(2,22)23/h4,6,10,12-13H,3,5,7-9,11H2,1-2H3/t13-/m0/s1. The van der Waals surface area contributed by atoms with Gasteiger partial charge in [-0.05, 0) is 37.3 Å². The minimum absolute atomic E-state index is 0.308. The van der Waals surface area contributed by atoms with E-state index >= 15 is 0 Å². The molecule has 1 saturated heterocycles. The highest BCUT2D eigenvalue weighted by Gasteiger charge is 2.28. The monoisotopic (exact) mass is 349 g/mol. The van der Waals surface area contributed by atoms with Gasteiger partial charge in [-0.15, -0.1) is 0 Å². The van der Waals surface area contributed by atoms with Gasteiger partial charge in [-0.1, -0.05) is 6.92 Å². The molecule has 1 atom stereocenters. The number of nitrogens with zero attached hydrogens (tertiary/aromatic N) is 5. The second kappa shape index (κ2) is 6.98. The number of hydrogen-bond donors (Lipinski definition) is 0. The molecule has 130 valence electrons. The van der Waals surface area contributed by atoms with Gasteiger partial charge in [0.2, 0.25) is 10.0 Å². The van der Waals surface area contributed by atoms with Crippen LogP contribution in [-0.2, 0) is 23.0 Å². The normalized spacial score (nSPS) is 19.0. The number of hydrogen-bond acceptors (Lipinski definition) is 5. The van der Waals surface area contributed by atoms with Crippen molar-refractivity contribution < 1.29 is 8.42 Å².